The lowest BCUT2D eigenvalue weighted by molar-refractivity contribution is -0.115. The van der Waals surface area contributed by atoms with E-state index in [9.17, 15) is 9.18 Å². The van der Waals surface area contributed by atoms with Crippen LogP contribution in [0.15, 0.2) is 36.5 Å². The van der Waals surface area contributed by atoms with Gasteiger partial charge in [-0.25, -0.2) is 9.37 Å². The third-order valence-electron chi connectivity index (χ3n) is 3.86. The SMILES string of the molecule is O=C(Cc1c(F)cccc1Cl)Nc1ccc(N2CCCC2)nc1. The normalized spacial score (nSPS) is 14.1. The first kappa shape index (κ1) is 15.7. The van der Waals surface area contributed by atoms with Crippen molar-refractivity contribution < 1.29 is 9.18 Å². The molecular weight excluding hydrogens is 317 g/mol. The summed E-state index contributed by atoms with van der Waals surface area (Å²) in [5.74, 6) is 0.112. The van der Waals surface area contributed by atoms with E-state index in [1.165, 1.54) is 25.0 Å². The first-order valence-electron chi connectivity index (χ1n) is 7.57. The van der Waals surface area contributed by atoms with Crippen LogP contribution in [0.3, 0.4) is 0 Å². The average Bonchev–Trinajstić information content (AvgIpc) is 3.06. The number of benzene rings is 1. The smallest absolute Gasteiger partial charge is 0.229 e. The van der Waals surface area contributed by atoms with Crippen molar-refractivity contribution in [3.8, 4) is 0 Å². The van der Waals surface area contributed by atoms with Crippen LogP contribution in [0.25, 0.3) is 0 Å². The van der Waals surface area contributed by atoms with Crippen molar-refractivity contribution in [2.24, 2.45) is 0 Å². The number of nitrogens with one attached hydrogen (secondary N) is 1. The molecule has 3 rings (SSSR count). The highest BCUT2D eigenvalue weighted by molar-refractivity contribution is 6.31. The second kappa shape index (κ2) is 6.96. The Morgan fingerprint density at radius 2 is 2.04 bits per heavy atom. The first-order chi connectivity index (χ1) is 11.1. The Morgan fingerprint density at radius 3 is 2.70 bits per heavy atom. The van der Waals surface area contributed by atoms with E-state index in [-0.39, 0.29) is 22.9 Å². The molecule has 0 aliphatic carbocycles. The molecule has 1 amide bonds. The summed E-state index contributed by atoms with van der Waals surface area (Å²) < 4.78 is 13.7. The van der Waals surface area contributed by atoms with Gasteiger partial charge in [0.1, 0.15) is 11.6 Å². The Kier molecular flexibility index (Phi) is 4.76. The van der Waals surface area contributed by atoms with Gasteiger partial charge in [-0.2, -0.15) is 0 Å². The summed E-state index contributed by atoms with van der Waals surface area (Å²) in [7, 11) is 0. The van der Waals surface area contributed by atoms with Crippen LogP contribution in [-0.2, 0) is 11.2 Å². The summed E-state index contributed by atoms with van der Waals surface area (Å²) in [5, 5.41) is 2.97. The minimum absolute atomic E-state index is 0.112. The molecular formula is C17H17ClFN3O. The fraction of sp³-hybridized carbons (Fsp3) is 0.294. The standard InChI is InChI=1S/C17H17ClFN3O/c18-14-4-3-5-15(19)13(14)10-17(23)21-12-6-7-16(20-11-12)22-8-1-2-9-22/h3-7,11H,1-2,8-10H2,(H,21,23). The highest BCUT2D eigenvalue weighted by atomic mass is 35.5. The molecule has 120 valence electrons. The third kappa shape index (κ3) is 3.79. The highest BCUT2D eigenvalue weighted by Crippen LogP contribution is 2.21. The third-order valence-corrected chi connectivity index (χ3v) is 4.21. The van der Waals surface area contributed by atoms with E-state index < -0.39 is 5.82 Å². The van der Waals surface area contributed by atoms with Gasteiger partial charge in [0.15, 0.2) is 0 Å². The van der Waals surface area contributed by atoms with Crippen LogP contribution in [0.1, 0.15) is 18.4 Å². The molecule has 1 N–H and O–H groups in total. The van der Waals surface area contributed by atoms with E-state index in [0.29, 0.717) is 5.69 Å². The second-order valence-corrected chi connectivity index (χ2v) is 5.93. The fourth-order valence-corrected chi connectivity index (χ4v) is 2.89. The molecule has 4 nitrogen and oxygen atoms in total. The molecule has 6 heteroatoms. The lowest BCUT2D eigenvalue weighted by Gasteiger charge is -2.16. The van der Waals surface area contributed by atoms with Gasteiger partial charge in [0.25, 0.3) is 0 Å². The minimum Gasteiger partial charge on any atom is -0.357 e. The Morgan fingerprint density at radius 1 is 1.26 bits per heavy atom. The van der Waals surface area contributed by atoms with Crippen molar-refractivity contribution in [2.75, 3.05) is 23.3 Å². The van der Waals surface area contributed by atoms with Crippen molar-refractivity contribution in [1.29, 1.82) is 0 Å². The Balaban J connectivity index is 1.63. The molecule has 0 saturated carbocycles. The minimum atomic E-state index is -0.477. The van der Waals surface area contributed by atoms with E-state index in [0.717, 1.165) is 18.9 Å². The van der Waals surface area contributed by atoms with Crippen molar-refractivity contribution in [3.63, 3.8) is 0 Å². The van der Waals surface area contributed by atoms with Gasteiger partial charge >= 0.3 is 0 Å². The predicted molar refractivity (Wildman–Crippen MR) is 89.4 cm³/mol. The van der Waals surface area contributed by atoms with Crippen LogP contribution >= 0.6 is 11.6 Å². The van der Waals surface area contributed by atoms with Crippen molar-refractivity contribution in [2.45, 2.75) is 19.3 Å². The van der Waals surface area contributed by atoms with Crippen molar-refractivity contribution >= 4 is 29.0 Å². The van der Waals surface area contributed by atoms with Gasteiger partial charge in [-0.1, -0.05) is 17.7 Å². The molecule has 0 bridgehead atoms. The molecule has 1 aromatic heterocycles. The van der Waals surface area contributed by atoms with Gasteiger partial charge in [0, 0.05) is 23.7 Å². The number of carbonyl (C=O) groups excluding carboxylic acids is 1. The summed E-state index contributed by atoms with van der Waals surface area (Å²) in [6.45, 7) is 2.04. The zero-order chi connectivity index (χ0) is 16.2. The number of carbonyl (C=O) groups is 1. The fourth-order valence-electron chi connectivity index (χ4n) is 2.66. The number of pyridine rings is 1. The number of rotatable bonds is 4. The van der Waals surface area contributed by atoms with Crippen LogP contribution in [0.2, 0.25) is 5.02 Å². The largest absolute Gasteiger partial charge is 0.357 e. The zero-order valence-electron chi connectivity index (χ0n) is 12.6. The van der Waals surface area contributed by atoms with E-state index in [4.69, 9.17) is 11.6 Å². The molecule has 0 spiro atoms. The first-order valence-corrected chi connectivity index (χ1v) is 7.95. The van der Waals surface area contributed by atoms with Crippen molar-refractivity contribution in [1.82, 2.24) is 4.98 Å². The van der Waals surface area contributed by atoms with Crippen LogP contribution in [0, 0.1) is 5.82 Å². The second-order valence-electron chi connectivity index (χ2n) is 5.52. The Labute approximate surface area is 139 Å². The molecule has 0 unspecified atom stereocenters. The van der Waals surface area contributed by atoms with Gasteiger partial charge in [0.2, 0.25) is 5.91 Å². The molecule has 1 aromatic carbocycles. The van der Waals surface area contributed by atoms with Crippen LogP contribution < -0.4 is 10.2 Å². The molecule has 2 aromatic rings. The van der Waals surface area contributed by atoms with Gasteiger partial charge in [-0.15, -0.1) is 0 Å². The number of hydrogen-bond acceptors (Lipinski definition) is 3. The lowest BCUT2D eigenvalue weighted by atomic mass is 10.1. The van der Waals surface area contributed by atoms with Crippen LogP contribution in [0.5, 0.6) is 0 Å². The van der Waals surface area contributed by atoms with Gasteiger partial charge in [0.05, 0.1) is 18.3 Å². The number of hydrogen-bond donors (Lipinski definition) is 1. The number of aromatic nitrogens is 1. The quantitative estimate of drug-likeness (QED) is 0.928. The molecule has 23 heavy (non-hydrogen) atoms. The summed E-state index contributed by atoms with van der Waals surface area (Å²) >= 11 is 5.93. The maximum absolute atomic E-state index is 13.7. The average molecular weight is 334 g/mol. The van der Waals surface area contributed by atoms with E-state index in [1.807, 2.05) is 12.1 Å². The van der Waals surface area contributed by atoms with E-state index in [2.05, 4.69) is 15.2 Å². The monoisotopic (exact) mass is 333 g/mol. The van der Waals surface area contributed by atoms with E-state index >= 15 is 0 Å². The van der Waals surface area contributed by atoms with Crippen LogP contribution in [0.4, 0.5) is 15.9 Å². The molecule has 2 heterocycles. The van der Waals surface area contributed by atoms with Crippen molar-refractivity contribution in [3.05, 3.63) is 52.9 Å². The molecule has 0 radical (unpaired) electrons. The molecule has 1 aliphatic heterocycles. The maximum atomic E-state index is 13.7. The zero-order valence-corrected chi connectivity index (χ0v) is 13.3. The summed E-state index contributed by atoms with van der Waals surface area (Å²) in [5.41, 5.74) is 0.790. The molecule has 1 aliphatic rings. The number of halogens is 2. The predicted octanol–water partition coefficient (Wildman–Crippen LogP) is 3.66. The Bertz CT molecular complexity index is 679. The highest BCUT2D eigenvalue weighted by Gasteiger charge is 2.14. The van der Waals surface area contributed by atoms with Gasteiger partial charge in [-0.3, -0.25) is 4.79 Å². The number of nitrogens with zero attached hydrogens (tertiary/aromatic N) is 2. The van der Waals surface area contributed by atoms with Gasteiger partial charge < -0.3 is 10.2 Å². The summed E-state index contributed by atoms with van der Waals surface area (Å²) in [6.07, 6.45) is 3.88. The number of anilines is 2. The number of amides is 1. The Hall–Kier alpha value is -2.14. The molecule has 1 fully saturated rings. The molecule has 1 saturated heterocycles. The van der Waals surface area contributed by atoms with Gasteiger partial charge in [-0.05, 0) is 37.1 Å². The lowest BCUT2D eigenvalue weighted by Crippen LogP contribution is -2.19. The maximum Gasteiger partial charge on any atom is 0.229 e. The topological polar surface area (TPSA) is 45.2 Å². The summed E-state index contributed by atoms with van der Waals surface area (Å²) in [4.78, 5) is 18.6. The van der Waals surface area contributed by atoms with E-state index in [1.54, 1.807) is 12.3 Å². The summed E-state index contributed by atoms with van der Waals surface area (Å²) in [6, 6.07) is 8.07. The molecule has 0 atom stereocenters. The van der Waals surface area contributed by atoms with Crippen LogP contribution in [-0.4, -0.2) is 24.0 Å².